The number of unbranched alkanes of at least 4 members (excludes halogenated alkanes) is 5. The van der Waals surface area contributed by atoms with E-state index in [2.05, 4.69) is 13.8 Å². The molecule has 0 radical (unpaired) electrons. The van der Waals surface area contributed by atoms with Crippen LogP contribution in [0.25, 0.3) is 0 Å². The van der Waals surface area contributed by atoms with Crippen LogP contribution < -0.4 is 0 Å². The second kappa shape index (κ2) is 9.90. The zero-order valence-electron chi connectivity index (χ0n) is 13.2. The minimum absolute atomic E-state index is 0.0264. The van der Waals surface area contributed by atoms with Crippen molar-refractivity contribution >= 4 is 11.6 Å². The summed E-state index contributed by atoms with van der Waals surface area (Å²) in [6, 6.07) is 0. The summed E-state index contributed by atoms with van der Waals surface area (Å²) < 4.78 is 0. The first-order valence-electron chi connectivity index (χ1n) is 8.42. The SMILES string of the molecule is CCCCCCC1=CC(=O)CC(=O)CC1CCCCC. The molecular formula is C18H30O2. The maximum absolute atomic E-state index is 11.8. The molecule has 114 valence electrons. The second-order valence-electron chi connectivity index (χ2n) is 6.11. The molecule has 1 rings (SSSR count). The van der Waals surface area contributed by atoms with Crippen LogP contribution in [0.15, 0.2) is 11.6 Å². The van der Waals surface area contributed by atoms with Gasteiger partial charge in [-0.1, -0.05) is 57.9 Å². The van der Waals surface area contributed by atoms with Crippen LogP contribution in [0.2, 0.25) is 0 Å². The van der Waals surface area contributed by atoms with E-state index in [0.717, 1.165) is 19.3 Å². The summed E-state index contributed by atoms with van der Waals surface area (Å²) in [7, 11) is 0. The Bertz CT molecular complexity index is 341. The van der Waals surface area contributed by atoms with Crippen molar-refractivity contribution in [2.24, 2.45) is 5.92 Å². The van der Waals surface area contributed by atoms with E-state index < -0.39 is 0 Å². The van der Waals surface area contributed by atoms with Crippen LogP contribution in [0.5, 0.6) is 0 Å². The summed E-state index contributed by atoms with van der Waals surface area (Å²) >= 11 is 0. The Morgan fingerprint density at radius 3 is 2.40 bits per heavy atom. The van der Waals surface area contributed by atoms with E-state index in [1.54, 1.807) is 6.08 Å². The van der Waals surface area contributed by atoms with Gasteiger partial charge in [0.15, 0.2) is 5.78 Å². The number of hydrogen-bond acceptors (Lipinski definition) is 2. The van der Waals surface area contributed by atoms with E-state index >= 15 is 0 Å². The van der Waals surface area contributed by atoms with E-state index in [0.29, 0.717) is 12.3 Å². The van der Waals surface area contributed by atoms with Gasteiger partial charge < -0.3 is 0 Å². The van der Waals surface area contributed by atoms with Gasteiger partial charge in [0.1, 0.15) is 5.78 Å². The van der Waals surface area contributed by atoms with Crippen molar-refractivity contribution < 1.29 is 9.59 Å². The van der Waals surface area contributed by atoms with Gasteiger partial charge in [0, 0.05) is 6.42 Å². The molecule has 1 aliphatic carbocycles. The van der Waals surface area contributed by atoms with Crippen LogP contribution in [0.4, 0.5) is 0 Å². The van der Waals surface area contributed by atoms with Gasteiger partial charge in [0.25, 0.3) is 0 Å². The summed E-state index contributed by atoms with van der Waals surface area (Å²) in [4.78, 5) is 23.6. The average molecular weight is 278 g/mol. The second-order valence-corrected chi connectivity index (χ2v) is 6.11. The zero-order valence-corrected chi connectivity index (χ0v) is 13.2. The Kier molecular flexibility index (Phi) is 8.48. The van der Waals surface area contributed by atoms with Crippen LogP contribution in [0.3, 0.4) is 0 Å². The first-order chi connectivity index (χ1) is 9.67. The fourth-order valence-corrected chi connectivity index (χ4v) is 3.01. The quantitative estimate of drug-likeness (QED) is 0.439. The number of carbonyl (C=O) groups is 2. The maximum atomic E-state index is 11.8. The van der Waals surface area contributed by atoms with Gasteiger partial charge in [-0.05, 0) is 31.3 Å². The van der Waals surface area contributed by atoms with Crippen LogP contribution in [-0.2, 0) is 9.59 Å². The van der Waals surface area contributed by atoms with Gasteiger partial charge in [-0.2, -0.15) is 0 Å². The molecule has 0 saturated heterocycles. The van der Waals surface area contributed by atoms with Crippen LogP contribution in [0, 0.1) is 5.92 Å². The molecule has 1 unspecified atom stereocenters. The molecule has 1 aliphatic rings. The zero-order chi connectivity index (χ0) is 14.8. The molecule has 2 nitrogen and oxygen atoms in total. The molecule has 0 heterocycles. The standard InChI is InChI=1S/C18H30O2/c1-3-5-7-9-11-16-13-18(20)14-17(19)12-15(16)10-8-6-4-2/h13,15H,3-12,14H2,1-2H3. The minimum atomic E-state index is 0.0264. The molecule has 0 N–H and O–H groups in total. The summed E-state index contributed by atoms with van der Waals surface area (Å²) in [5, 5.41) is 0. The molecule has 0 aromatic carbocycles. The first-order valence-corrected chi connectivity index (χ1v) is 8.42. The predicted molar refractivity (Wildman–Crippen MR) is 83.7 cm³/mol. The molecule has 0 saturated carbocycles. The van der Waals surface area contributed by atoms with E-state index in [1.807, 2.05) is 0 Å². The molecule has 0 aromatic heterocycles. The first kappa shape index (κ1) is 17.1. The molecule has 0 spiro atoms. The van der Waals surface area contributed by atoms with Gasteiger partial charge in [-0.25, -0.2) is 0 Å². The van der Waals surface area contributed by atoms with Crippen LogP contribution in [-0.4, -0.2) is 11.6 Å². The molecule has 0 aromatic rings. The van der Waals surface area contributed by atoms with Crippen molar-refractivity contribution in [2.75, 3.05) is 0 Å². The summed E-state index contributed by atoms with van der Waals surface area (Å²) in [6.07, 6.45) is 13.1. The number of carbonyl (C=O) groups excluding carboxylic acids is 2. The van der Waals surface area contributed by atoms with Crippen molar-refractivity contribution in [2.45, 2.75) is 84.5 Å². The van der Waals surface area contributed by atoms with Gasteiger partial charge in [0.2, 0.25) is 0 Å². The highest BCUT2D eigenvalue weighted by Crippen LogP contribution is 2.29. The Morgan fingerprint density at radius 1 is 1.00 bits per heavy atom. The predicted octanol–water partition coefficient (Wildman–Crippen LogP) is 5.01. The van der Waals surface area contributed by atoms with E-state index in [9.17, 15) is 9.59 Å². The van der Waals surface area contributed by atoms with E-state index in [4.69, 9.17) is 0 Å². The molecule has 0 aliphatic heterocycles. The number of Topliss-reactive ketones (excluding diaryl/α,β-unsaturated/α-hetero) is 1. The monoisotopic (exact) mass is 278 g/mol. The summed E-state index contributed by atoms with van der Waals surface area (Å²) in [6.45, 7) is 4.41. The summed E-state index contributed by atoms with van der Waals surface area (Å²) in [5.41, 5.74) is 1.26. The molecule has 2 heteroatoms. The lowest BCUT2D eigenvalue weighted by atomic mass is 9.86. The lowest BCUT2D eigenvalue weighted by molar-refractivity contribution is -0.124. The average Bonchev–Trinajstić information content (AvgIpc) is 2.53. The lowest BCUT2D eigenvalue weighted by Crippen LogP contribution is -2.09. The van der Waals surface area contributed by atoms with Crippen molar-refractivity contribution in [3.05, 3.63) is 11.6 Å². The van der Waals surface area contributed by atoms with Crippen molar-refractivity contribution in [1.29, 1.82) is 0 Å². The largest absolute Gasteiger partial charge is 0.299 e. The van der Waals surface area contributed by atoms with Crippen LogP contribution in [0.1, 0.15) is 84.5 Å². The van der Waals surface area contributed by atoms with E-state index in [-0.39, 0.29) is 18.0 Å². The van der Waals surface area contributed by atoms with Crippen molar-refractivity contribution in [3.63, 3.8) is 0 Å². The number of hydrogen-bond donors (Lipinski definition) is 0. The molecule has 0 fully saturated rings. The molecular weight excluding hydrogens is 248 g/mol. The summed E-state index contributed by atoms with van der Waals surface area (Å²) in [5.74, 6) is 0.497. The molecule has 0 bridgehead atoms. The Hall–Kier alpha value is -0.920. The minimum Gasteiger partial charge on any atom is -0.299 e. The van der Waals surface area contributed by atoms with Gasteiger partial charge in [-0.15, -0.1) is 0 Å². The number of ketones is 2. The Balaban J connectivity index is 2.59. The van der Waals surface area contributed by atoms with Gasteiger partial charge >= 0.3 is 0 Å². The fraction of sp³-hybridized carbons (Fsp3) is 0.778. The Morgan fingerprint density at radius 2 is 1.70 bits per heavy atom. The molecule has 1 atom stereocenters. The van der Waals surface area contributed by atoms with Crippen LogP contribution >= 0.6 is 0 Å². The van der Waals surface area contributed by atoms with E-state index in [1.165, 1.54) is 44.1 Å². The van der Waals surface area contributed by atoms with Crippen molar-refractivity contribution in [1.82, 2.24) is 0 Å². The topological polar surface area (TPSA) is 34.1 Å². The Labute approximate surface area is 124 Å². The maximum Gasteiger partial charge on any atom is 0.163 e. The van der Waals surface area contributed by atoms with Gasteiger partial charge in [0.05, 0.1) is 6.42 Å². The molecule has 20 heavy (non-hydrogen) atoms. The highest BCUT2D eigenvalue weighted by Gasteiger charge is 2.23. The smallest absolute Gasteiger partial charge is 0.163 e. The number of allylic oxidation sites excluding steroid dienone is 2. The third kappa shape index (κ3) is 6.49. The molecule has 0 amide bonds. The van der Waals surface area contributed by atoms with Crippen molar-refractivity contribution in [3.8, 4) is 0 Å². The fourth-order valence-electron chi connectivity index (χ4n) is 3.01. The third-order valence-corrected chi connectivity index (χ3v) is 4.19. The highest BCUT2D eigenvalue weighted by molar-refractivity contribution is 6.05. The third-order valence-electron chi connectivity index (χ3n) is 4.19. The lowest BCUT2D eigenvalue weighted by Gasteiger charge is -2.18. The van der Waals surface area contributed by atoms with Gasteiger partial charge in [-0.3, -0.25) is 9.59 Å². The number of rotatable bonds is 9. The highest BCUT2D eigenvalue weighted by atomic mass is 16.1. The normalized spacial score (nSPS) is 19.9.